The van der Waals surface area contributed by atoms with Crippen molar-refractivity contribution in [3.63, 3.8) is 0 Å². The number of hydrogen-bond acceptors (Lipinski definition) is 4. The molecule has 2 rings (SSSR count). The first-order chi connectivity index (χ1) is 16.3. The molecule has 5 heteroatoms. The van der Waals surface area contributed by atoms with Crippen molar-refractivity contribution >= 4 is 35.8 Å². The minimum atomic E-state index is -1.10. The molecule has 0 aliphatic rings. The smallest absolute Gasteiger partial charge is 0.545 e. The molecule has 0 atom stereocenters. The van der Waals surface area contributed by atoms with Crippen molar-refractivity contribution in [2.45, 2.75) is 91.9 Å². The molecule has 0 aromatic heterocycles. The molecule has 0 aliphatic carbocycles. The summed E-state index contributed by atoms with van der Waals surface area (Å²) < 4.78 is 0. The van der Waals surface area contributed by atoms with Crippen LogP contribution in [0.2, 0.25) is 0 Å². The molecule has 4 nitrogen and oxygen atoms in total. The van der Waals surface area contributed by atoms with Gasteiger partial charge in [-0.25, -0.2) is 0 Å². The molecule has 0 N–H and O–H groups in total. The molecule has 0 amide bonds. The molecule has 0 heterocycles. The van der Waals surface area contributed by atoms with E-state index in [2.05, 4.69) is 41.5 Å². The van der Waals surface area contributed by atoms with E-state index >= 15 is 0 Å². The van der Waals surface area contributed by atoms with Crippen molar-refractivity contribution in [2.24, 2.45) is 0 Å². The van der Waals surface area contributed by atoms with Crippen LogP contribution in [0.4, 0.5) is 0 Å². The molecule has 0 saturated carbocycles. The summed E-state index contributed by atoms with van der Waals surface area (Å²) in [4.78, 5) is 21.0. The fraction of sp³-hybridized carbons (Fsp3) is 0.467. The van der Waals surface area contributed by atoms with E-state index in [0.717, 1.165) is 62.5 Å². The zero-order valence-corrected chi connectivity index (χ0v) is 25.1. The largest absolute Gasteiger partial charge is 2.00 e. The second kappa shape index (κ2) is 26.8. The predicted octanol–water partition coefficient (Wildman–Crippen LogP) is 5.65. The average molecular weight is 587 g/mol. The van der Waals surface area contributed by atoms with Crippen LogP contribution in [-0.2, 0) is 12.8 Å². The molecular formula is C30H44O4Sn. The zero-order valence-electron chi connectivity index (χ0n) is 22.2. The van der Waals surface area contributed by atoms with E-state index in [4.69, 9.17) is 0 Å². The number of unbranched alkanes of at least 4 members (excludes halogenated alkanes) is 4. The average Bonchev–Trinajstić information content (AvgIpc) is 2.87. The summed E-state index contributed by atoms with van der Waals surface area (Å²) in [5.74, 6) is -2.20. The van der Waals surface area contributed by atoms with Crippen LogP contribution in [-0.4, -0.2) is 35.8 Å². The Morgan fingerprint density at radius 2 is 0.971 bits per heavy atom. The zero-order chi connectivity index (χ0) is 26.2. The molecule has 0 bridgehead atoms. The molecule has 192 valence electrons. The summed E-state index contributed by atoms with van der Waals surface area (Å²) in [7, 11) is 0. The van der Waals surface area contributed by atoms with Crippen molar-refractivity contribution in [3.05, 3.63) is 84.6 Å². The van der Waals surface area contributed by atoms with E-state index in [1.54, 1.807) is 36.4 Å². The standard InChI is InChI=1S/2C11H14O2.2C4H9.Sn/c2*1-2-3-5-9-6-4-7-10(8-9)11(12)13;2*1-3-4-2;/h2*4,6-8H,2-3,5H2,1H3,(H,12,13);2*1,3-4H2,2H3;/q;;;;+2/p-2. The van der Waals surface area contributed by atoms with Gasteiger partial charge in [-0.1, -0.05) is 116 Å². The van der Waals surface area contributed by atoms with Gasteiger partial charge in [-0.15, -0.1) is 0 Å². The normalized spacial score (nSPS) is 9.09. The fourth-order valence-corrected chi connectivity index (χ4v) is 2.47. The number of hydrogen-bond donors (Lipinski definition) is 0. The van der Waals surface area contributed by atoms with Crippen LogP contribution in [0.1, 0.15) is 111 Å². The second-order valence-corrected chi connectivity index (χ2v) is 7.89. The van der Waals surface area contributed by atoms with Gasteiger partial charge >= 0.3 is 23.9 Å². The van der Waals surface area contributed by atoms with Gasteiger partial charge in [0.15, 0.2) is 0 Å². The number of benzene rings is 2. The van der Waals surface area contributed by atoms with Crippen molar-refractivity contribution < 1.29 is 19.8 Å². The number of aryl methyl sites for hydroxylation is 2. The van der Waals surface area contributed by atoms with Crippen molar-refractivity contribution in [1.82, 2.24) is 0 Å². The van der Waals surface area contributed by atoms with Gasteiger partial charge < -0.3 is 19.8 Å². The number of aromatic carboxylic acids is 2. The van der Waals surface area contributed by atoms with E-state index in [1.165, 1.54) is 12.8 Å². The summed E-state index contributed by atoms with van der Waals surface area (Å²) in [6, 6.07) is 13.9. The summed E-state index contributed by atoms with van der Waals surface area (Å²) in [6.45, 7) is 15.7. The Balaban J connectivity index is -0.000000440. The van der Waals surface area contributed by atoms with Gasteiger partial charge in [0.2, 0.25) is 0 Å². The molecule has 0 saturated heterocycles. The van der Waals surface area contributed by atoms with E-state index in [9.17, 15) is 19.8 Å². The molecule has 0 spiro atoms. The van der Waals surface area contributed by atoms with Gasteiger partial charge in [-0.2, -0.15) is 0 Å². The van der Waals surface area contributed by atoms with E-state index in [-0.39, 0.29) is 35.0 Å². The van der Waals surface area contributed by atoms with Crippen LogP contribution in [0.5, 0.6) is 0 Å². The molecule has 4 radical (unpaired) electrons. The van der Waals surface area contributed by atoms with Crippen LogP contribution in [0.25, 0.3) is 0 Å². The molecule has 0 fully saturated rings. The Labute approximate surface area is 231 Å². The van der Waals surface area contributed by atoms with Crippen LogP contribution in [0.15, 0.2) is 48.5 Å². The summed E-state index contributed by atoms with van der Waals surface area (Å²) in [5.41, 5.74) is 2.69. The third kappa shape index (κ3) is 22.4. The van der Waals surface area contributed by atoms with E-state index < -0.39 is 11.9 Å². The number of carboxylic acid groups (broad SMARTS) is 2. The molecular weight excluding hydrogens is 543 g/mol. The minimum absolute atomic E-state index is 0. The Morgan fingerprint density at radius 1 is 0.657 bits per heavy atom. The number of carboxylic acids is 2. The maximum atomic E-state index is 10.5. The molecule has 2 aromatic rings. The van der Waals surface area contributed by atoms with Crippen molar-refractivity contribution in [3.8, 4) is 0 Å². The maximum Gasteiger partial charge on any atom is 2.00 e. The summed E-state index contributed by atoms with van der Waals surface area (Å²) in [6.07, 6.45) is 10.9. The fourth-order valence-electron chi connectivity index (χ4n) is 2.47. The molecule has 0 unspecified atom stereocenters. The third-order valence-corrected chi connectivity index (χ3v) is 4.67. The second-order valence-electron chi connectivity index (χ2n) is 7.89. The quantitative estimate of drug-likeness (QED) is 0.337. The topological polar surface area (TPSA) is 80.3 Å². The van der Waals surface area contributed by atoms with Crippen LogP contribution in [0, 0.1) is 13.8 Å². The molecule has 35 heavy (non-hydrogen) atoms. The summed E-state index contributed by atoms with van der Waals surface area (Å²) >= 11 is 0. The first-order valence-corrected chi connectivity index (χ1v) is 12.5. The van der Waals surface area contributed by atoms with Gasteiger partial charge in [0, 0.05) is 0 Å². The predicted molar refractivity (Wildman–Crippen MR) is 145 cm³/mol. The number of rotatable bonds is 10. The Kier molecular flexibility index (Phi) is 28.9. The van der Waals surface area contributed by atoms with Crippen molar-refractivity contribution in [1.29, 1.82) is 0 Å². The summed E-state index contributed by atoms with van der Waals surface area (Å²) in [5, 5.41) is 21.0. The van der Waals surface area contributed by atoms with Gasteiger partial charge in [-0.05, 0) is 60.1 Å². The van der Waals surface area contributed by atoms with E-state index in [0.29, 0.717) is 0 Å². The van der Waals surface area contributed by atoms with Crippen molar-refractivity contribution in [2.75, 3.05) is 0 Å². The first kappa shape index (κ1) is 37.7. The molecule has 0 aliphatic heterocycles. The Bertz CT molecular complexity index is 705. The van der Waals surface area contributed by atoms with Gasteiger partial charge in [0.1, 0.15) is 0 Å². The van der Waals surface area contributed by atoms with Crippen LogP contribution < -0.4 is 10.2 Å². The Morgan fingerprint density at radius 3 is 1.20 bits per heavy atom. The van der Waals surface area contributed by atoms with Gasteiger partial charge in [0.25, 0.3) is 0 Å². The Hall–Kier alpha value is -1.82. The van der Waals surface area contributed by atoms with Crippen LogP contribution >= 0.6 is 0 Å². The van der Waals surface area contributed by atoms with E-state index in [1.807, 2.05) is 12.1 Å². The monoisotopic (exact) mass is 588 g/mol. The molecule has 2 aromatic carbocycles. The maximum absolute atomic E-state index is 10.5. The van der Waals surface area contributed by atoms with Crippen LogP contribution in [0.3, 0.4) is 0 Å². The third-order valence-electron chi connectivity index (χ3n) is 4.67. The minimum Gasteiger partial charge on any atom is -0.545 e. The number of carbonyl (C=O) groups excluding carboxylic acids is 2. The number of carbonyl (C=O) groups is 2. The first-order valence-electron chi connectivity index (χ1n) is 12.5. The van der Waals surface area contributed by atoms with Gasteiger partial charge in [0.05, 0.1) is 11.9 Å². The van der Waals surface area contributed by atoms with Gasteiger partial charge in [-0.3, -0.25) is 0 Å². The SMILES string of the molecule is CCCCc1cccc(C(=O)[O-])c1.CCCCc1cccc(C(=O)[O-])c1.[CH2]CCC.[CH2]CCC.[Sn+2].